The predicted octanol–water partition coefficient (Wildman–Crippen LogP) is 2.32. The minimum absolute atomic E-state index is 0.174. The Morgan fingerprint density at radius 3 is 2.67 bits per heavy atom. The van der Waals surface area contributed by atoms with Gasteiger partial charge in [0.2, 0.25) is 5.91 Å². The second kappa shape index (κ2) is 6.40. The lowest BCUT2D eigenvalue weighted by molar-refractivity contribution is -0.117. The number of methoxy groups -OCH3 is 1. The van der Waals surface area contributed by atoms with Crippen LogP contribution >= 0.6 is 0 Å². The Balaban J connectivity index is 2.77. The summed E-state index contributed by atoms with van der Waals surface area (Å²) in [6.45, 7) is 6.05. The van der Waals surface area contributed by atoms with Gasteiger partial charge in [-0.15, -0.1) is 0 Å². The minimum Gasteiger partial charge on any atom is -0.495 e. The van der Waals surface area contributed by atoms with Crippen molar-refractivity contribution in [3.8, 4) is 5.75 Å². The van der Waals surface area contributed by atoms with Gasteiger partial charge in [0.15, 0.2) is 0 Å². The van der Waals surface area contributed by atoms with Crippen LogP contribution in [0.3, 0.4) is 0 Å². The van der Waals surface area contributed by atoms with Crippen LogP contribution in [-0.2, 0) is 4.79 Å². The van der Waals surface area contributed by atoms with Crippen molar-refractivity contribution in [1.82, 2.24) is 0 Å². The van der Waals surface area contributed by atoms with Gasteiger partial charge in [0, 0.05) is 0 Å². The Morgan fingerprint density at radius 1 is 1.44 bits per heavy atom. The van der Waals surface area contributed by atoms with Gasteiger partial charge in [-0.05, 0) is 37.0 Å². The molecule has 0 heterocycles. The van der Waals surface area contributed by atoms with Crippen molar-refractivity contribution in [3.63, 3.8) is 0 Å². The molecule has 1 atom stereocenters. The highest BCUT2D eigenvalue weighted by Gasteiger charge is 2.16. The van der Waals surface area contributed by atoms with Crippen molar-refractivity contribution >= 4 is 11.6 Å². The highest BCUT2D eigenvalue weighted by Crippen LogP contribution is 2.25. The molecule has 0 fully saturated rings. The molecule has 100 valence electrons. The molecule has 0 saturated carbocycles. The lowest BCUT2D eigenvalue weighted by Crippen LogP contribution is -2.36. The van der Waals surface area contributed by atoms with Crippen LogP contribution in [0.4, 0.5) is 5.69 Å². The standard InChI is InChI=1S/C14H22N2O2/c1-9(2)7-11(15)14(17)16-12-8-10(3)5-6-13(12)18-4/h5-6,8-9,11H,7,15H2,1-4H3,(H,16,17). The number of carbonyl (C=O) groups excluding carboxylic acids is 1. The van der Waals surface area contributed by atoms with Crippen molar-refractivity contribution in [2.75, 3.05) is 12.4 Å². The first-order chi connectivity index (χ1) is 8.43. The Morgan fingerprint density at radius 2 is 2.11 bits per heavy atom. The molecule has 3 N–H and O–H groups in total. The fraction of sp³-hybridized carbons (Fsp3) is 0.500. The summed E-state index contributed by atoms with van der Waals surface area (Å²) in [6.07, 6.45) is 0.667. The third-order valence-corrected chi connectivity index (χ3v) is 2.67. The molecule has 1 unspecified atom stereocenters. The van der Waals surface area contributed by atoms with Gasteiger partial charge in [-0.1, -0.05) is 19.9 Å². The Kier molecular flexibility index (Phi) is 5.16. The zero-order chi connectivity index (χ0) is 13.7. The number of anilines is 1. The fourth-order valence-corrected chi connectivity index (χ4v) is 1.76. The van der Waals surface area contributed by atoms with E-state index in [2.05, 4.69) is 5.32 Å². The number of carbonyl (C=O) groups is 1. The van der Waals surface area contributed by atoms with Crippen molar-refractivity contribution in [1.29, 1.82) is 0 Å². The molecule has 0 spiro atoms. The Hall–Kier alpha value is -1.55. The zero-order valence-corrected chi connectivity index (χ0v) is 11.5. The summed E-state index contributed by atoms with van der Waals surface area (Å²) in [7, 11) is 1.58. The smallest absolute Gasteiger partial charge is 0.241 e. The van der Waals surface area contributed by atoms with Crippen LogP contribution in [-0.4, -0.2) is 19.1 Å². The lowest BCUT2D eigenvalue weighted by atomic mass is 10.0. The second-order valence-corrected chi connectivity index (χ2v) is 4.93. The molecule has 4 nitrogen and oxygen atoms in total. The average molecular weight is 250 g/mol. The molecule has 0 aliphatic carbocycles. The van der Waals surface area contributed by atoms with Crippen LogP contribution in [0.5, 0.6) is 5.75 Å². The number of benzene rings is 1. The average Bonchev–Trinajstić information content (AvgIpc) is 2.28. The first-order valence-corrected chi connectivity index (χ1v) is 6.15. The monoisotopic (exact) mass is 250 g/mol. The SMILES string of the molecule is COc1ccc(C)cc1NC(=O)C(N)CC(C)C. The lowest BCUT2D eigenvalue weighted by Gasteiger charge is -2.16. The topological polar surface area (TPSA) is 64.3 Å². The van der Waals surface area contributed by atoms with Crippen LogP contribution in [0.1, 0.15) is 25.8 Å². The van der Waals surface area contributed by atoms with E-state index in [9.17, 15) is 4.79 Å². The number of hydrogen-bond donors (Lipinski definition) is 2. The number of nitrogens with one attached hydrogen (secondary N) is 1. The van der Waals surface area contributed by atoms with Crippen LogP contribution < -0.4 is 15.8 Å². The van der Waals surface area contributed by atoms with E-state index in [1.807, 2.05) is 39.0 Å². The molecule has 0 aliphatic rings. The quantitative estimate of drug-likeness (QED) is 0.843. The van der Waals surface area contributed by atoms with Gasteiger partial charge in [-0.25, -0.2) is 0 Å². The molecule has 18 heavy (non-hydrogen) atoms. The van der Waals surface area contributed by atoms with Crippen LogP contribution in [0.2, 0.25) is 0 Å². The summed E-state index contributed by atoms with van der Waals surface area (Å²) in [5, 5.41) is 2.82. The maximum absolute atomic E-state index is 11.9. The molecule has 0 saturated heterocycles. The molecule has 1 aromatic carbocycles. The molecule has 0 bridgehead atoms. The summed E-state index contributed by atoms with van der Waals surface area (Å²) in [5.74, 6) is 0.864. The van der Waals surface area contributed by atoms with E-state index in [0.29, 0.717) is 23.8 Å². The molecular weight excluding hydrogens is 228 g/mol. The zero-order valence-electron chi connectivity index (χ0n) is 11.5. The van der Waals surface area contributed by atoms with E-state index in [-0.39, 0.29) is 5.91 Å². The molecule has 1 rings (SSSR count). The van der Waals surface area contributed by atoms with Crippen molar-refractivity contribution in [2.45, 2.75) is 33.2 Å². The first kappa shape index (κ1) is 14.5. The summed E-state index contributed by atoms with van der Waals surface area (Å²) >= 11 is 0. The molecule has 1 aromatic rings. The first-order valence-electron chi connectivity index (χ1n) is 6.15. The van der Waals surface area contributed by atoms with Gasteiger partial charge >= 0.3 is 0 Å². The molecular formula is C14H22N2O2. The molecule has 1 amide bonds. The van der Waals surface area contributed by atoms with Crippen molar-refractivity contribution in [3.05, 3.63) is 23.8 Å². The molecule has 0 aromatic heterocycles. The maximum Gasteiger partial charge on any atom is 0.241 e. The highest BCUT2D eigenvalue weighted by molar-refractivity contribution is 5.96. The van der Waals surface area contributed by atoms with Gasteiger partial charge in [-0.2, -0.15) is 0 Å². The number of rotatable bonds is 5. The van der Waals surface area contributed by atoms with Crippen LogP contribution in [0.25, 0.3) is 0 Å². The fourth-order valence-electron chi connectivity index (χ4n) is 1.76. The van der Waals surface area contributed by atoms with E-state index in [1.54, 1.807) is 7.11 Å². The third-order valence-electron chi connectivity index (χ3n) is 2.67. The number of amides is 1. The van der Waals surface area contributed by atoms with Gasteiger partial charge in [0.05, 0.1) is 18.8 Å². The third kappa shape index (κ3) is 4.04. The van der Waals surface area contributed by atoms with Gasteiger partial charge in [-0.3, -0.25) is 4.79 Å². The minimum atomic E-state index is -0.491. The second-order valence-electron chi connectivity index (χ2n) is 4.93. The molecule has 0 aliphatic heterocycles. The Bertz CT molecular complexity index is 416. The molecule has 4 heteroatoms. The Labute approximate surface area is 109 Å². The van der Waals surface area contributed by atoms with Gasteiger partial charge in [0.25, 0.3) is 0 Å². The van der Waals surface area contributed by atoms with Crippen LogP contribution in [0, 0.1) is 12.8 Å². The predicted molar refractivity (Wildman–Crippen MR) is 73.8 cm³/mol. The van der Waals surface area contributed by atoms with Crippen LogP contribution in [0.15, 0.2) is 18.2 Å². The van der Waals surface area contributed by atoms with Gasteiger partial charge < -0.3 is 15.8 Å². The van der Waals surface area contributed by atoms with E-state index in [4.69, 9.17) is 10.5 Å². The summed E-state index contributed by atoms with van der Waals surface area (Å²) in [6, 6.07) is 5.15. The van der Waals surface area contributed by atoms with Gasteiger partial charge in [0.1, 0.15) is 5.75 Å². The summed E-state index contributed by atoms with van der Waals surface area (Å²) in [4.78, 5) is 11.9. The van der Waals surface area contributed by atoms with Crippen molar-refractivity contribution < 1.29 is 9.53 Å². The van der Waals surface area contributed by atoms with E-state index in [1.165, 1.54) is 0 Å². The number of ether oxygens (including phenoxy) is 1. The van der Waals surface area contributed by atoms with Crippen molar-refractivity contribution in [2.24, 2.45) is 11.7 Å². The molecule has 0 radical (unpaired) electrons. The van der Waals surface area contributed by atoms with E-state index in [0.717, 1.165) is 5.56 Å². The number of hydrogen-bond acceptors (Lipinski definition) is 3. The number of nitrogens with two attached hydrogens (primary N) is 1. The number of aryl methyl sites for hydroxylation is 1. The summed E-state index contributed by atoms with van der Waals surface area (Å²) < 4.78 is 5.21. The largest absolute Gasteiger partial charge is 0.495 e. The summed E-state index contributed by atoms with van der Waals surface area (Å²) in [5.41, 5.74) is 7.57. The normalized spacial score (nSPS) is 12.3. The van der Waals surface area contributed by atoms with E-state index >= 15 is 0 Å². The van der Waals surface area contributed by atoms with E-state index < -0.39 is 6.04 Å². The highest BCUT2D eigenvalue weighted by atomic mass is 16.5. The maximum atomic E-state index is 11.9.